The molecule has 0 spiro atoms. The summed E-state index contributed by atoms with van der Waals surface area (Å²) in [4.78, 5) is 25.6. The molecule has 3 aromatic rings. The Morgan fingerprint density at radius 1 is 0.971 bits per heavy atom. The number of hydrogen-bond acceptors (Lipinski definition) is 8. The van der Waals surface area contributed by atoms with Crippen molar-refractivity contribution < 1.29 is 14.3 Å². The van der Waals surface area contributed by atoms with Crippen LogP contribution in [0.15, 0.2) is 54.9 Å². The fourth-order valence-electron chi connectivity index (χ4n) is 3.96. The molecule has 4 rings (SSSR count). The van der Waals surface area contributed by atoms with E-state index in [1.807, 2.05) is 18.2 Å². The summed E-state index contributed by atoms with van der Waals surface area (Å²) in [5.74, 6) is 0.697. The summed E-state index contributed by atoms with van der Waals surface area (Å²) in [7, 11) is 2.91. The first kappa shape index (κ1) is 24.2. The van der Waals surface area contributed by atoms with Crippen LogP contribution in [0.2, 0.25) is 0 Å². The van der Waals surface area contributed by atoms with Crippen LogP contribution in [-0.4, -0.2) is 67.8 Å². The van der Waals surface area contributed by atoms with Crippen LogP contribution in [0.4, 0.5) is 17.3 Å². The van der Waals surface area contributed by atoms with Crippen molar-refractivity contribution in [3.05, 3.63) is 71.5 Å². The van der Waals surface area contributed by atoms with Gasteiger partial charge in [0.2, 0.25) is 5.95 Å². The molecule has 2 heterocycles. The third-order valence-electron chi connectivity index (χ3n) is 6.03. The highest BCUT2D eigenvalue weighted by molar-refractivity contribution is 5.91. The molecule has 0 saturated carbocycles. The summed E-state index contributed by atoms with van der Waals surface area (Å²) in [6.45, 7) is 7.65. The molecule has 1 aliphatic rings. The first-order valence-corrected chi connectivity index (χ1v) is 11.7. The third-order valence-corrected chi connectivity index (χ3v) is 6.03. The standard InChI is InChI=1S/C27H31N5O3/c1-4-31-11-13-32(14-12-31)24-9-7-23(8-10-24)30-27-28-18-21(19-29-27)6-5-20-15-22(26(33)35-3)17-25(16-20)34-2/h5-10,15-19H,4,11-14H2,1-3H3,(H,28,29,30). The molecule has 1 aliphatic heterocycles. The second-order valence-corrected chi connectivity index (χ2v) is 8.25. The summed E-state index contributed by atoms with van der Waals surface area (Å²) < 4.78 is 10.1. The number of piperazine rings is 1. The van der Waals surface area contributed by atoms with E-state index in [-0.39, 0.29) is 0 Å². The lowest BCUT2D eigenvalue weighted by Gasteiger charge is -2.35. The maximum absolute atomic E-state index is 11.9. The van der Waals surface area contributed by atoms with Crippen LogP contribution in [0, 0.1) is 0 Å². The quantitative estimate of drug-likeness (QED) is 0.485. The normalized spacial score (nSPS) is 14.2. The van der Waals surface area contributed by atoms with Crippen LogP contribution < -0.4 is 15.0 Å². The lowest BCUT2D eigenvalue weighted by molar-refractivity contribution is 0.0600. The van der Waals surface area contributed by atoms with Crippen molar-refractivity contribution in [3.8, 4) is 5.75 Å². The SMILES string of the molecule is CCN1CCN(c2ccc(Nc3ncc(C=Cc4cc(OC)cc(C(=O)OC)c4)cn3)cc2)CC1. The van der Waals surface area contributed by atoms with Gasteiger partial charge in [-0.3, -0.25) is 0 Å². The third kappa shape index (κ3) is 6.36. The zero-order valence-corrected chi connectivity index (χ0v) is 20.4. The van der Waals surface area contributed by atoms with Crippen molar-refractivity contribution in [1.29, 1.82) is 0 Å². The van der Waals surface area contributed by atoms with Crippen molar-refractivity contribution in [2.45, 2.75) is 6.92 Å². The van der Waals surface area contributed by atoms with Gasteiger partial charge in [-0.25, -0.2) is 14.8 Å². The summed E-state index contributed by atoms with van der Waals surface area (Å²) in [6, 6.07) is 13.6. The molecule has 1 fully saturated rings. The van der Waals surface area contributed by atoms with E-state index in [0.717, 1.165) is 49.5 Å². The van der Waals surface area contributed by atoms with Gasteiger partial charge in [0, 0.05) is 55.5 Å². The van der Waals surface area contributed by atoms with Crippen molar-refractivity contribution in [3.63, 3.8) is 0 Å². The second-order valence-electron chi connectivity index (χ2n) is 8.25. The first-order valence-electron chi connectivity index (χ1n) is 11.7. The summed E-state index contributed by atoms with van der Waals surface area (Å²) in [5.41, 5.74) is 4.25. The molecule has 2 aromatic carbocycles. The molecule has 8 nitrogen and oxygen atoms in total. The fourth-order valence-corrected chi connectivity index (χ4v) is 3.96. The van der Waals surface area contributed by atoms with Crippen LogP contribution in [-0.2, 0) is 4.74 Å². The van der Waals surface area contributed by atoms with Gasteiger partial charge in [-0.15, -0.1) is 0 Å². The molecule has 1 N–H and O–H groups in total. The van der Waals surface area contributed by atoms with Gasteiger partial charge >= 0.3 is 5.97 Å². The van der Waals surface area contributed by atoms with Gasteiger partial charge in [-0.1, -0.05) is 19.1 Å². The molecule has 182 valence electrons. The molecule has 0 aliphatic carbocycles. The number of nitrogens with one attached hydrogen (secondary N) is 1. The topological polar surface area (TPSA) is 79.8 Å². The fraction of sp³-hybridized carbons (Fsp3) is 0.296. The number of aromatic nitrogens is 2. The number of nitrogens with zero attached hydrogens (tertiary/aromatic N) is 4. The van der Waals surface area contributed by atoms with E-state index >= 15 is 0 Å². The Bertz CT molecular complexity index is 1150. The summed E-state index contributed by atoms with van der Waals surface area (Å²) in [6.07, 6.45) is 7.25. The van der Waals surface area contributed by atoms with Crippen molar-refractivity contribution in [2.75, 3.05) is 57.2 Å². The number of ether oxygens (including phenoxy) is 2. The van der Waals surface area contributed by atoms with Gasteiger partial charge in [0.15, 0.2) is 0 Å². The number of anilines is 3. The highest BCUT2D eigenvalue weighted by Crippen LogP contribution is 2.22. The Hall–Kier alpha value is -3.91. The number of methoxy groups -OCH3 is 2. The highest BCUT2D eigenvalue weighted by atomic mass is 16.5. The molecule has 35 heavy (non-hydrogen) atoms. The number of rotatable bonds is 8. The monoisotopic (exact) mass is 473 g/mol. The molecule has 0 unspecified atom stereocenters. The molecule has 0 amide bonds. The first-order chi connectivity index (χ1) is 17.1. The number of carbonyl (C=O) groups excluding carboxylic acids is 1. The zero-order chi connectivity index (χ0) is 24.6. The smallest absolute Gasteiger partial charge is 0.338 e. The Morgan fingerprint density at radius 2 is 1.66 bits per heavy atom. The maximum Gasteiger partial charge on any atom is 0.338 e. The Balaban J connectivity index is 1.37. The summed E-state index contributed by atoms with van der Waals surface area (Å²) in [5, 5.41) is 3.25. The molecular formula is C27H31N5O3. The Kier molecular flexibility index (Phi) is 7.95. The summed E-state index contributed by atoms with van der Waals surface area (Å²) >= 11 is 0. The van der Waals surface area contributed by atoms with Crippen LogP contribution in [0.25, 0.3) is 12.2 Å². The van der Waals surface area contributed by atoms with Crippen molar-refractivity contribution in [1.82, 2.24) is 14.9 Å². The van der Waals surface area contributed by atoms with Crippen LogP contribution >= 0.6 is 0 Å². The Labute approximate surface area is 206 Å². The largest absolute Gasteiger partial charge is 0.497 e. The van der Waals surface area contributed by atoms with E-state index in [1.54, 1.807) is 31.6 Å². The van der Waals surface area contributed by atoms with Crippen LogP contribution in [0.5, 0.6) is 5.75 Å². The van der Waals surface area contributed by atoms with E-state index in [9.17, 15) is 4.79 Å². The molecule has 0 bridgehead atoms. The number of hydrogen-bond donors (Lipinski definition) is 1. The predicted molar refractivity (Wildman–Crippen MR) is 139 cm³/mol. The molecule has 1 aromatic heterocycles. The van der Waals surface area contributed by atoms with Gasteiger partial charge in [0.05, 0.1) is 19.8 Å². The van der Waals surface area contributed by atoms with Gasteiger partial charge in [-0.2, -0.15) is 0 Å². The van der Waals surface area contributed by atoms with E-state index in [4.69, 9.17) is 9.47 Å². The van der Waals surface area contributed by atoms with Gasteiger partial charge in [0.1, 0.15) is 5.75 Å². The number of esters is 1. The van der Waals surface area contributed by atoms with Crippen LogP contribution in [0.3, 0.4) is 0 Å². The minimum absolute atomic E-state index is 0.413. The number of benzene rings is 2. The number of likely N-dealkylation sites (N-methyl/N-ethyl adjacent to an activating group) is 1. The van der Waals surface area contributed by atoms with E-state index < -0.39 is 5.97 Å². The molecule has 1 saturated heterocycles. The van der Waals surface area contributed by atoms with E-state index in [0.29, 0.717) is 17.3 Å². The van der Waals surface area contributed by atoms with Crippen molar-refractivity contribution in [2.24, 2.45) is 0 Å². The predicted octanol–water partition coefficient (Wildman–Crippen LogP) is 4.33. The molecular weight excluding hydrogens is 442 g/mol. The van der Waals surface area contributed by atoms with Gasteiger partial charge in [-0.05, 0) is 54.6 Å². The van der Waals surface area contributed by atoms with E-state index in [1.165, 1.54) is 12.8 Å². The lowest BCUT2D eigenvalue weighted by atomic mass is 10.1. The van der Waals surface area contributed by atoms with E-state index in [2.05, 4.69) is 56.3 Å². The molecule has 0 radical (unpaired) electrons. The molecule has 0 atom stereocenters. The van der Waals surface area contributed by atoms with Crippen molar-refractivity contribution >= 4 is 35.4 Å². The lowest BCUT2D eigenvalue weighted by Crippen LogP contribution is -2.46. The average molecular weight is 474 g/mol. The van der Waals surface area contributed by atoms with Crippen LogP contribution in [0.1, 0.15) is 28.4 Å². The van der Waals surface area contributed by atoms with Gasteiger partial charge in [0.25, 0.3) is 0 Å². The second kappa shape index (κ2) is 11.5. The number of carbonyl (C=O) groups is 1. The maximum atomic E-state index is 11.9. The van der Waals surface area contributed by atoms with Gasteiger partial charge < -0.3 is 24.6 Å². The average Bonchev–Trinajstić information content (AvgIpc) is 2.92. The molecule has 8 heteroatoms. The Morgan fingerprint density at radius 3 is 2.29 bits per heavy atom. The zero-order valence-electron chi connectivity index (χ0n) is 20.4. The minimum atomic E-state index is -0.413. The highest BCUT2D eigenvalue weighted by Gasteiger charge is 2.15. The minimum Gasteiger partial charge on any atom is -0.497 e.